The van der Waals surface area contributed by atoms with Crippen LogP contribution in [0.15, 0.2) is 0 Å². The van der Waals surface area contributed by atoms with Crippen molar-refractivity contribution in [2.24, 2.45) is 11.3 Å². The Labute approximate surface area is 108 Å². The first-order chi connectivity index (χ1) is 7.87. The Hall–Kier alpha value is -0.0800. The third-order valence-corrected chi connectivity index (χ3v) is 3.38. The SMILES string of the molecule is CC(CCNC(C)CNC1CC1)CC(C)(C)C. The van der Waals surface area contributed by atoms with Crippen LogP contribution >= 0.6 is 0 Å². The standard InChI is InChI=1S/C15H32N2/c1-12(10-15(3,4)5)8-9-16-13(2)11-17-14-6-7-14/h12-14,16-17H,6-11H2,1-5H3. The molecular formula is C15H32N2. The summed E-state index contributed by atoms with van der Waals surface area (Å²) < 4.78 is 0. The lowest BCUT2D eigenvalue weighted by Crippen LogP contribution is -2.38. The largest absolute Gasteiger partial charge is 0.313 e. The molecule has 2 heteroatoms. The Morgan fingerprint density at radius 3 is 2.35 bits per heavy atom. The third-order valence-electron chi connectivity index (χ3n) is 3.38. The smallest absolute Gasteiger partial charge is 0.0164 e. The summed E-state index contributed by atoms with van der Waals surface area (Å²) in [4.78, 5) is 0. The minimum Gasteiger partial charge on any atom is -0.313 e. The molecule has 2 unspecified atom stereocenters. The zero-order valence-corrected chi connectivity index (χ0v) is 12.5. The van der Waals surface area contributed by atoms with Gasteiger partial charge in [-0.15, -0.1) is 0 Å². The first-order valence-electron chi connectivity index (χ1n) is 7.33. The summed E-state index contributed by atoms with van der Waals surface area (Å²) in [6.45, 7) is 13.9. The second kappa shape index (κ2) is 6.75. The summed E-state index contributed by atoms with van der Waals surface area (Å²) in [5.74, 6) is 0.825. The summed E-state index contributed by atoms with van der Waals surface area (Å²) in [7, 11) is 0. The summed E-state index contributed by atoms with van der Waals surface area (Å²) >= 11 is 0. The second-order valence-electron chi connectivity index (χ2n) is 7.20. The molecule has 0 radical (unpaired) electrons. The Morgan fingerprint density at radius 1 is 1.18 bits per heavy atom. The Bertz CT molecular complexity index is 203. The van der Waals surface area contributed by atoms with Crippen molar-refractivity contribution in [1.82, 2.24) is 10.6 Å². The van der Waals surface area contributed by atoms with E-state index in [1.165, 1.54) is 25.7 Å². The predicted octanol–water partition coefficient (Wildman–Crippen LogP) is 3.18. The fourth-order valence-electron chi connectivity index (χ4n) is 2.43. The zero-order valence-electron chi connectivity index (χ0n) is 12.5. The van der Waals surface area contributed by atoms with E-state index in [1.807, 2.05) is 0 Å². The van der Waals surface area contributed by atoms with E-state index in [0.29, 0.717) is 11.5 Å². The average Bonchev–Trinajstić information content (AvgIpc) is 2.95. The molecular weight excluding hydrogens is 208 g/mol. The normalized spacial score (nSPS) is 20.3. The summed E-state index contributed by atoms with van der Waals surface area (Å²) in [5.41, 5.74) is 0.471. The van der Waals surface area contributed by atoms with Crippen LogP contribution in [0.4, 0.5) is 0 Å². The molecule has 0 heterocycles. The molecule has 2 N–H and O–H groups in total. The number of hydrogen-bond acceptors (Lipinski definition) is 2. The quantitative estimate of drug-likeness (QED) is 0.681. The average molecular weight is 240 g/mol. The molecule has 1 saturated carbocycles. The van der Waals surface area contributed by atoms with E-state index < -0.39 is 0 Å². The van der Waals surface area contributed by atoms with Gasteiger partial charge in [0, 0.05) is 18.6 Å². The van der Waals surface area contributed by atoms with Gasteiger partial charge in [0.25, 0.3) is 0 Å². The first-order valence-corrected chi connectivity index (χ1v) is 7.33. The molecule has 0 saturated heterocycles. The van der Waals surface area contributed by atoms with Crippen molar-refractivity contribution in [1.29, 1.82) is 0 Å². The Balaban J connectivity index is 1.97. The molecule has 0 amide bonds. The molecule has 17 heavy (non-hydrogen) atoms. The van der Waals surface area contributed by atoms with Crippen LogP contribution in [0.1, 0.15) is 60.3 Å². The highest BCUT2D eigenvalue weighted by Gasteiger charge is 2.20. The highest BCUT2D eigenvalue weighted by molar-refractivity contribution is 4.82. The minimum atomic E-state index is 0.471. The molecule has 2 nitrogen and oxygen atoms in total. The van der Waals surface area contributed by atoms with Gasteiger partial charge in [0.1, 0.15) is 0 Å². The van der Waals surface area contributed by atoms with Gasteiger partial charge in [0.2, 0.25) is 0 Å². The van der Waals surface area contributed by atoms with Gasteiger partial charge in [-0.1, -0.05) is 27.7 Å². The number of nitrogens with one attached hydrogen (secondary N) is 2. The van der Waals surface area contributed by atoms with Crippen LogP contribution in [0, 0.1) is 11.3 Å². The zero-order chi connectivity index (χ0) is 12.9. The van der Waals surface area contributed by atoms with E-state index >= 15 is 0 Å². The van der Waals surface area contributed by atoms with Gasteiger partial charge in [0.15, 0.2) is 0 Å². The minimum absolute atomic E-state index is 0.471. The van der Waals surface area contributed by atoms with Crippen molar-refractivity contribution in [2.75, 3.05) is 13.1 Å². The van der Waals surface area contributed by atoms with Crippen LogP contribution in [0.5, 0.6) is 0 Å². The van der Waals surface area contributed by atoms with E-state index in [9.17, 15) is 0 Å². The molecule has 0 aromatic carbocycles. The van der Waals surface area contributed by atoms with Gasteiger partial charge in [0.05, 0.1) is 0 Å². The molecule has 0 aliphatic heterocycles. The van der Waals surface area contributed by atoms with E-state index in [1.54, 1.807) is 0 Å². The van der Waals surface area contributed by atoms with Gasteiger partial charge in [-0.3, -0.25) is 0 Å². The molecule has 0 aromatic heterocycles. The maximum absolute atomic E-state index is 3.62. The summed E-state index contributed by atoms with van der Waals surface area (Å²) in [6, 6.07) is 1.44. The monoisotopic (exact) mass is 240 g/mol. The topological polar surface area (TPSA) is 24.1 Å². The lowest BCUT2D eigenvalue weighted by atomic mass is 9.84. The van der Waals surface area contributed by atoms with E-state index in [4.69, 9.17) is 0 Å². The van der Waals surface area contributed by atoms with Crippen LogP contribution in [0.3, 0.4) is 0 Å². The van der Waals surface area contributed by atoms with E-state index in [0.717, 1.165) is 25.0 Å². The number of hydrogen-bond donors (Lipinski definition) is 2. The maximum Gasteiger partial charge on any atom is 0.0164 e. The van der Waals surface area contributed by atoms with Crippen LogP contribution in [-0.4, -0.2) is 25.2 Å². The molecule has 1 aliphatic rings. The fourth-order valence-corrected chi connectivity index (χ4v) is 2.43. The highest BCUT2D eigenvalue weighted by atomic mass is 15.0. The van der Waals surface area contributed by atoms with Crippen molar-refractivity contribution < 1.29 is 0 Å². The van der Waals surface area contributed by atoms with Crippen molar-refractivity contribution >= 4 is 0 Å². The van der Waals surface area contributed by atoms with Gasteiger partial charge >= 0.3 is 0 Å². The van der Waals surface area contributed by atoms with Crippen molar-refractivity contribution in [3.63, 3.8) is 0 Å². The summed E-state index contributed by atoms with van der Waals surface area (Å²) in [5, 5.41) is 7.19. The third kappa shape index (κ3) is 8.62. The van der Waals surface area contributed by atoms with Crippen molar-refractivity contribution in [3.8, 4) is 0 Å². The highest BCUT2D eigenvalue weighted by Crippen LogP contribution is 2.25. The van der Waals surface area contributed by atoms with Gasteiger partial charge in [-0.05, 0) is 50.5 Å². The van der Waals surface area contributed by atoms with Crippen LogP contribution in [0.2, 0.25) is 0 Å². The van der Waals surface area contributed by atoms with Gasteiger partial charge in [-0.25, -0.2) is 0 Å². The van der Waals surface area contributed by atoms with Crippen molar-refractivity contribution in [2.45, 2.75) is 72.4 Å². The van der Waals surface area contributed by atoms with Gasteiger partial charge < -0.3 is 10.6 Å². The van der Waals surface area contributed by atoms with E-state index in [2.05, 4.69) is 45.3 Å². The lowest BCUT2D eigenvalue weighted by molar-refractivity contribution is 0.292. The first kappa shape index (κ1) is 15.0. The molecule has 102 valence electrons. The lowest BCUT2D eigenvalue weighted by Gasteiger charge is -2.24. The van der Waals surface area contributed by atoms with Crippen LogP contribution < -0.4 is 10.6 Å². The molecule has 1 aliphatic carbocycles. The fraction of sp³-hybridized carbons (Fsp3) is 1.00. The molecule has 0 aromatic rings. The molecule has 0 bridgehead atoms. The molecule has 1 rings (SSSR count). The van der Waals surface area contributed by atoms with Gasteiger partial charge in [-0.2, -0.15) is 0 Å². The Morgan fingerprint density at radius 2 is 1.82 bits per heavy atom. The van der Waals surface area contributed by atoms with Crippen LogP contribution in [-0.2, 0) is 0 Å². The Kier molecular flexibility index (Phi) is 5.94. The number of rotatable bonds is 8. The van der Waals surface area contributed by atoms with Crippen LogP contribution in [0.25, 0.3) is 0 Å². The molecule has 1 fully saturated rings. The summed E-state index contributed by atoms with van der Waals surface area (Å²) in [6.07, 6.45) is 5.39. The molecule has 0 spiro atoms. The van der Waals surface area contributed by atoms with Crippen molar-refractivity contribution in [3.05, 3.63) is 0 Å². The second-order valence-corrected chi connectivity index (χ2v) is 7.20. The predicted molar refractivity (Wildman–Crippen MR) is 76.3 cm³/mol. The maximum atomic E-state index is 3.62. The molecule has 2 atom stereocenters. The van der Waals surface area contributed by atoms with E-state index in [-0.39, 0.29) is 0 Å².